The fraction of sp³-hybridized carbons (Fsp3) is 0.696. The topological polar surface area (TPSA) is 64.0 Å². The summed E-state index contributed by atoms with van der Waals surface area (Å²) in [7, 11) is 0. The Labute approximate surface area is 178 Å². The molecule has 2 N–H and O–H groups in total. The van der Waals surface area contributed by atoms with Crippen LogP contribution in [0.1, 0.15) is 59.3 Å². The van der Waals surface area contributed by atoms with E-state index < -0.39 is 17.0 Å². The van der Waals surface area contributed by atoms with E-state index in [9.17, 15) is 23.8 Å². The molecule has 0 spiro atoms. The van der Waals surface area contributed by atoms with Gasteiger partial charge in [-0.3, -0.25) is 9.69 Å². The van der Waals surface area contributed by atoms with Crippen LogP contribution in [0.2, 0.25) is 0 Å². The largest absolute Gasteiger partial charge is 0.395 e. The van der Waals surface area contributed by atoms with Crippen LogP contribution >= 0.6 is 0 Å². The van der Waals surface area contributed by atoms with Crippen molar-refractivity contribution in [3.8, 4) is 0 Å². The molecule has 1 saturated heterocycles. The third-order valence-electron chi connectivity index (χ3n) is 5.69. The number of aliphatic hydroxyl groups is 2. The third-order valence-corrected chi connectivity index (χ3v) is 5.69. The van der Waals surface area contributed by atoms with Crippen LogP contribution < -0.4 is 4.90 Å². The summed E-state index contributed by atoms with van der Waals surface area (Å²) in [6, 6.07) is 3.34. The number of hydrogen-bond acceptors (Lipinski definition) is 4. The Hall–Kier alpha value is -1.57. The lowest BCUT2D eigenvalue weighted by Gasteiger charge is -2.36. The maximum Gasteiger partial charge on any atom is 0.232 e. The molecule has 0 saturated carbocycles. The van der Waals surface area contributed by atoms with Crippen LogP contribution in [-0.4, -0.2) is 59.4 Å². The Morgan fingerprint density at radius 3 is 2.53 bits per heavy atom. The summed E-state index contributed by atoms with van der Waals surface area (Å²) in [4.78, 5) is 16.5. The lowest BCUT2D eigenvalue weighted by atomic mass is 9.94. The van der Waals surface area contributed by atoms with Gasteiger partial charge in [0.05, 0.1) is 18.4 Å². The molecule has 30 heavy (non-hydrogen) atoms. The number of rotatable bonds is 9. The first-order valence-corrected chi connectivity index (χ1v) is 10.9. The SMILES string of the molecule is CC(C)(C)C(=O)N(CCCCCCN1CCC(O)CC1CO)c1ccc(F)cc1F. The number of halogens is 2. The standard InChI is InChI=1S/C23H36F2N2O3/c1-23(2,3)22(30)27(21-9-8-17(24)14-20(21)25)12-7-5-4-6-11-26-13-10-19(29)15-18(26)16-28/h8-9,14,18-19,28-29H,4-7,10-13,15-16H2,1-3H3. The van der Waals surface area contributed by atoms with E-state index in [2.05, 4.69) is 4.90 Å². The molecular formula is C23H36F2N2O3. The van der Waals surface area contributed by atoms with Crippen molar-refractivity contribution in [1.82, 2.24) is 4.90 Å². The van der Waals surface area contributed by atoms with Crippen molar-refractivity contribution in [3.05, 3.63) is 29.8 Å². The smallest absolute Gasteiger partial charge is 0.232 e. The van der Waals surface area contributed by atoms with Gasteiger partial charge in [-0.05, 0) is 44.4 Å². The van der Waals surface area contributed by atoms with E-state index in [1.54, 1.807) is 20.8 Å². The van der Waals surface area contributed by atoms with Gasteiger partial charge in [0.25, 0.3) is 0 Å². The number of hydrogen-bond donors (Lipinski definition) is 2. The molecule has 1 aromatic carbocycles. The second kappa shape index (κ2) is 11.2. The van der Waals surface area contributed by atoms with Crippen LogP contribution in [0, 0.1) is 17.0 Å². The highest BCUT2D eigenvalue weighted by atomic mass is 19.1. The first kappa shape index (κ1) is 24.7. The van der Waals surface area contributed by atoms with Gasteiger partial charge in [-0.2, -0.15) is 0 Å². The number of piperidine rings is 1. The number of anilines is 1. The number of carbonyl (C=O) groups is 1. The quantitative estimate of drug-likeness (QED) is 0.591. The Bertz CT molecular complexity index is 694. The highest BCUT2D eigenvalue weighted by Gasteiger charge is 2.30. The van der Waals surface area contributed by atoms with Crippen molar-refractivity contribution in [2.45, 2.75) is 71.4 Å². The second-order valence-corrected chi connectivity index (χ2v) is 9.27. The molecule has 2 rings (SSSR count). The molecule has 1 heterocycles. The minimum absolute atomic E-state index is 0.0232. The number of likely N-dealkylation sites (tertiary alicyclic amines) is 1. The fourth-order valence-corrected chi connectivity index (χ4v) is 3.94. The summed E-state index contributed by atoms with van der Waals surface area (Å²) in [5.41, 5.74) is -0.548. The molecule has 0 aromatic heterocycles. The van der Waals surface area contributed by atoms with E-state index in [1.807, 2.05) is 0 Å². The third kappa shape index (κ3) is 7.00. The van der Waals surface area contributed by atoms with Crippen molar-refractivity contribution in [3.63, 3.8) is 0 Å². The van der Waals surface area contributed by atoms with E-state index in [0.717, 1.165) is 51.3 Å². The normalized spacial score (nSPS) is 20.4. The first-order valence-electron chi connectivity index (χ1n) is 10.9. The van der Waals surface area contributed by atoms with Gasteiger partial charge in [-0.15, -0.1) is 0 Å². The molecule has 2 unspecified atom stereocenters. The van der Waals surface area contributed by atoms with Crippen LogP contribution in [0.5, 0.6) is 0 Å². The number of unbranched alkanes of at least 4 members (excludes halogenated alkanes) is 3. The van der Waals surface area contributed by atoms with Gasteiger partial charge < -0.3 is 15.1 Å². The number of nitrogens with zero attached hydrogens (tertiary/aromatic N) is 2. The number of carbonyl (C=O) groups excluding carboxylic acids is 1. The summed E-state index contributed by atoms with van der Waals surface area (Å²) in [6.07, 6.45) is 4.56. The highest BCUT2D eigenvalue weighted by Crippen LogP contribution is 2.27. The Morgan fingerprint density at radius 1 is 1.20 bits per heavy atom. The van der Waals surface area contributed by atoms with Crippen molar-refractivity contribution in [1.29, 1.82) is 0 Å². The van der Waals surface area contributed by atoms with E-state index in [-0.39, 0.29) is 30.3 Å². The van der Waals surface area contributed by atoms with Gasteiger partial charge >= 0.3 is 0 Å². The summed E-state index contributed by atoms with van der Waals surface area (Å²) in [6.45, 7) is 7.47. The van der Waals surface area contributed by atoms with E-state index in [0.29, 0.717) is 13.0 Å². The molecule has 5 nitrogen and oxygen atoms in total. The minimum Gasteiger partial charge on any atom is -0.395 e. The van der Waals surface area contributed by atoms with Gasteiger partial charge in [-0.1, -0.05) is 33.6 Å². The average Bonchev–Trinajstić information content (AvgIpc) is 2.68. The second-order valence-electron chi connectivity index (χ2n) is 9.27. The van der Waals surface area contributed by atoms with Crippen molar-refractivity contribution in [2.24, 2.45) is 5.41 Å². The summed E-state index contributed by atoms with van der Waals surface area (Å²) in [5, 5.41) is 19.2. The Kier molecular flexibility index (Phi) is 9.19. The molecule has 1 fully saturated rings. The molecular weight excluding hydrogens is 390 g/mol. The van der Waals surface area contributed by atoms with E-state index in [4.69, 9.17) is 0 Å². The molecule has 2 atom stereocenters. The molecule has 1 amide bonds. The average molecular weight is 427 g/mol. The molecule has 0 aliphatic carbocycles. The van der Waals surface area contributed by atoms with Gasteiger partial charge in [0.2, 0.25) is 5.91 Å². The number of aliphatic hydroxyl groups excluding tert-OH is 2. The Balaban J connectivity index is 1.85. The predicted octanol–water partition coefficient (Wildman–Crippen LogP) is 3.72. The first-order chi connectivity index (χ1) is 14.1. The predicted molar refractivity (Wildman–Crippen MR) is 114 cm³/mol. The van der Waals surface area contributed by atoms with E-state index >= 15 is 0 Å². The molecule has 0 bridgehead atoms. The molecule has 170 valence electrons. The summed E-state index contributed by atoms with van der Waals surface area (Å²) < 4.78 is 27.6. The lowest BCUT2D eigenvalue weighted by molar-refractivity contribution is -0.125. The fourth-order valence-electron chi connectivity index (χ4n) is 3.94. The monoisotopic (exact) mass is 426 g/mol. The molecule has 1 aliphatic heterocycles. The molecule has 1 aliphatic rings. The van der Waals surface area contributed by atoms with E-state index in [1.165, 1.54) is 17.0 Å². The zero-order valence-corrected chi connectivity index (χ0v) is 18.4. The maximum atomic E-state index is 14.3. The lowest BCUT2D eigenvalue weighted by Crippen LogP contribution is -2.46. The van der Waals surface area contributed by atoms with Crippen LogP contribution in [0.3, 0.4) is 0 Å². The van der Waals surface area contributed by atoms with Gasteiger partial charge in [0, 0.05) is 30.6 Å². The highest BCUT2D eigenvalue weighted by molar-refractivity contribution is 5.97. The van der Waals surface area contributed by atoms with Gasteiger partial charge in [0.1, 0.15) is 11.6 Å². The van der Waals surface area contributed by atoms with Crippen molar-refractivity contribution in [2.75, 3.05) is 31.1 Å². The van der Waals surface area contributed by atoms with Crippen LogP contribution in [-0.2, 0) is 4.79 Å². The van der Waals surface area contributed by atoms with Crippen LogP contribution in [0.25, 0.3) is 0 Å². The number of benzene rings is 1. The van der Waals surface area contributed by atoms with Crippen molar-refractivity contribution < 1.29 is 23.8 Å². The molecule has 7 heteroatoms. The number of amides is 1. The summed E-state index contributed by atoms with van der Waals surface area (Å²) in [5.74, 6) is -1.58. The zero-order chi connectivity index (χ0) is 22.3. The van der Waals surface area contributed by atoms with Crippen molar-refractivity contribution >= 4 is 11.6 Å². The van der Waals surface area contributed by atoms with Crippen LogP contribution in [0.4, 0.5) is 14.5 Å². The van der Waals surface area contributed by atoms with Crippen LogP contribution in [0.15, 0.2) is 18.2 Å². The zero-order valence-electron chi connectivity index (χ0n) is 18.4. The van der Waals surface area contributed by atoms with Gasteiger partial charge in [0.15, 0.2) is 0 Å². The molecule has 0 radical (unpaired) electrons. The maximum absolute atomic E-state index is 14.3. The molecule has 1 aromatic rings. The summed E-state index contributed by atoms with van der Waals surface area (Å²) >= 11 is 0. The van der Waals surface area contributed by atoms with Gasteiger partial charge in [-0.25, -0.2) is 8.78 Å². The minimum atomic E-state index is -0.727. The Morgan fingerprint density at radius 2 is 1.90 bits per heavy atom.